The minimum atomic E-state index is -4.69. The molecule has 0 atom stereocenters. The van der Waals surface area contributed by atoms with Crippen molar-refractivity contribution in [3.63, 3.8) is 0 Å². The molecule has 1 aliphatic heterocycles. The summed E-state index contributed by atoms with van der Waals surface area (Å²) >= 11 is 0. The third-order valence-electron chi connectivity index (χ3n) is 3.77. The Labute approximate surface area is 134 Å². The molecule has 1 saturated heterocycles. The number of alkyl halides is 3. The molecule has 23 heavy (non-hydrogen) atoms. The maximum Gasteiger partial charge on any atom is 0.573 e. The molecule has 2 N–H and O–H groups in total. The molecule has 1 aromatic rings. The van der Waals surface area contributed by atoms with Crippen molar-refractivity contribution in [2.45, 2.75) is 32.7 Å². The largest absolute Gasteiger partial charge is 0.573 e. The first-order valence-electron chi connectivity index (χ1n) is 7.91. The molecule has 0 aromatic heterocycles. The fraction of sp³-hybridized carbons (Fsp3) is 0.625. The lowest BCUT2D eigenvalue weighted by molar-refractivity contribution is -0.274. The second kappa shape index (κ2) is 8.40. The molecule has 2 rings (SSSR count). The van der Waals surface area contributed by atoms with Crippen LogP contribution in [-0.4, -0.2) is 32.6 Å². The van der Waals surface area contributed by atoms with Gasteiger partial charge in [-0.2, -0.15) is 0 Å². The summed E-state index contributed by atoms with van der Waals surface area (Å²) in [6, 6.07) is 4.18. The van der Waals surface area contributed by atoms with E-state index in [1.54, 1.807) is 0 Å². The Kier molecular flexibility index (Phi) is 6.53. The van der Waals surface area contributed by atoms with Crippen molar-refractivity contribution in [1.82, 2.24) is 10.6 Å². The van der Waals surface area contributed by atoms with Crippen molar-refractivity contribution in [2.24, 2.45) is 5.92 Å². The molecule has 0 aliphatic carbocycles. The van der Waals surface area contributed by atoms with Crippen molar-refractivity contribution < 1.29 is 22.6 Å². The molecular weight excluding hydrogens is 309 g/mol. The van der Waals surface area contributed by atoms with Crippen LogP contribution < -0.4 is 20.1 Å². The zero-order valence-electron chi connectivity index (χ0n) is 13.2. The molecule has 7 heteroatoms. The van der Waals surface area contributed by atoms with Gasteiger partial charge in [-0.3, -0.25) is 0 Å². The van der Waals surface area contributed by atoms with Crippen LogP contribution in [0.25, 0.3) is 0 Å². The van der Waals surface area contributed by atoms with Crippen LogP contribution in [0.1, 0.15) is 25.3 Å². The average molecular weight is 332 g/mol. The minimum Gasteiger partial charge on any atom is -0.494 e. The highest BCUT2D eigenvalue weighted by Gasteiger charge is 2.31. The Bertz CT molecular complexity index is 489. The lowest BCUT2D eigenvalue weighted by Crippen LogP contribution is -2.33. The predicted molar refractivity (Wildman–Crippen MR) is 81.6 cm³/mol. The molecule has 0 saturated carbocycles. The van der Waals surface area contributed by atoms with E-state index in [4.69, 9.17) is 4.74 Å². The van der Waals surface area contributed by atoms with E-state index in [0.29, 0.717) is 30.4 Å². The van der Waals surface area contributed by atoms with Gasteiger partial charge in [-0.25, -0.2) is 0 Å². The van der Waals surface area contributed by atoms with Crippen LogP contribution in [0, 0.1) is 5.92 Å². The van der Waals surface area contributed by atoms with Crippen LogP contribution in [0.5, 0.6) is 11.5 Å². The normalized spacial score (nSPS) is 16.3. The number of benzene rings is 1. The summed E-state index contributed by atoms with van der Waals surface area (Å²) in [5.74, 6) is 0.959. The Morgan fingerprint density at radius 2 is 2.00 bits per heavy atom. The van der Waals surface area contributed by atoms with Crippen molar-refractivity contribution in [3.8, 4) is 11.5 Å². The Morgan fingerprint density at radius 3 is 2.65 bits per heavy atom. The van der Waals surface area contributed by atoms with Gasteiger partial charge in [-0.15, -0.1) is 13.2 Å². The molecule has 1 heterocycles. The standard InChI is InChI=1S/C16H23F3N2O2/c1-2-22-15-4-3-14(23-16(17,18)19)9-13(15)11-21-10-12-5-7-20-8-6-12/h3-4,9,12,20-21H,2,5-8,10-11H2,1H3. The first-order chi connectivity index (χ1) is 11.0. The van der Waals surface area contributed by atoms with Crippen LogP contribution in [-0.2, 0) is 6.54 Å². The fourth-order valence-corrected chi connectivity index (χ4v) is 2.68. The van der Waals surface area contributed by atoms with Gasteiger partial charge in [0, 0.05) is 12.1 Å². The third kappa shape index (κ3) is 6.27. The van der Waals surface area contributed by atoms with E-state index in [1.165, 1.54) is 18.2 Å². The fourth-order valence-electron chi connectivity index (χ4n) is 2.68. The third-order valence-corrected chi connectivity index (χ3v) is 3.77. The second-order valence-corrected chi connectivity index (χ2v) is 5.57. The van der Waals surface area contributed by atoms with Crippen LogP contribution in [0.15, 0.2) is 18.2 Å². The van der Waals surface area contributed by atoms with E-state index in [2.05, 4.69) is 15.4 Å². The second-order valence-electron chi connectivity index (χ2n) is 5.57. The lowest BCUT2D eigenvalue weighted by atomic mass is 9.98. The number of halogens is 3. The van der Waals surface area contributed by atoms with Crippen molar-refractivity contribution in [1.29, 1.82) is 0 Å². The lowest BCUT2D eigenvalue weighted by Gasteiger charge is -2.23. The number of ether oxygens (including phenoxy) is 2. The monoisotopic (exact) mass is 332 g/mol. The summed E-state index contributed by atoms with van der Waals surface area (Å²) in [6.45, 7) is 5.63. The summed E-state index contributed by atoms with van der Waals surface area (Å²) in [5, 5.41) is 6.62. The Hall–Kier alpha value is -1.47. The van der Waals surface area contributed by atoms with Gasteiger partial charge in [-0.05, 0) is 63.5 Å². The van der Waals surface area contributed by atoms with Crippen LogP contribution in [0.4, 0.5) is 13.2 Å². The molecule has 0 bridgehead atoms. The van der Waals surface area contributed by atoms with Gasteiger partial charge in [-0.1, -0.05) is 0 Å². The van der Waals surface area contributed by atoms with E-state index in [0.717, 1.165) is 32.5 Å². The van der Waals surface area contributed by atoms with Gasteiger partial charge < -0.3 is 20.1 Å². The van der Waals surface area contributed by atoms with E-state index < -0.39 is 6.36 Å². The topological polar surface area (TPSA) is 42.5 Å². The highest BCUT2D eigenvalue weighted by molar-refractivity contribution is 5.40. The van der Waals surface area contributed by atoms with Gasteiger partial charge in [0.05, 0.1) is 6.61 Å². The van der Waals surface area contributed by atoms with Gasteiger partial charge >= 0.3 is 6.36 Å². The minimum absolute atomic E-state index is 0.223. The molecule has 4 nitrogen and oxygen atoms in total. The molecule has 0 spiro atoms. The molecule has 1 aromatic carbocycles. The first kappa shape index (κ1) is 17.9. The molecule has 1 fully saturated rings. The van der Waals surface area contributed by atoms with Gasteiger partial charge in [0.1, 0.15) is 11.5 Å². The predicted octanol–water partition coefficient (Wildman–Crippen LogP) is 3.07. The summed E-state index contributed by atoms with van der Waals surface area (Å²) < 4.78 is 46.5. The highest BCUT2D eigenvalue weighted by atomic mass is 19.4. The van der Waals surface area contributed by atoms with Crippen molar-refractivity contribution in [3.05, 3.63) is 23.8 Å². The Balaban J connectivity index is 1.96. The van der Waals surface area contributed by atoms with Crippen LogP contribution in [0.2, 0.25) is 0 Å². The quantitative estimate of drug-likeness (QED) is 0.805. The number of hydrogen-bond acceptors (Lipinski definition) is 4. The molecule has 1 aliphatic rings. The summed E-state index contributed by atoms with van der Waals surface area (Å²) in [5.41, 5.74) is 0.669. The van der Waals surface area contributed by atoms with E-state index in [9.17, 15) is 13.2 Å². The summed E-state index contributed by atoms with van der Waals surface area (Å²) in [7, 11) is 0. The van der Waals surface area contributed by atoms with Gasteiger partial charge in [0.2, 0.25) is 0 Å². The van der Waals surface area contributed by atoms with Crippen molar-refractivity contribution in [2.75, 3.05) is 26.2 Å². The number of rotatable bonds is 7. The smallest absolute Gasteiger partial charge is 0.494 e. The summed E-state index contributed by atoms with van der Waals surface area (Å²) in [4.78, 5) is 0. The maximum atomic E-state index is 12.3. The molecular formula is C16H23F3N2O2. The zero-order valence-corrected chi connectivity index (χ0v) is 13.2. The van der Waals surface area contributed by atoms with Gasteiger partial charge in [0.15, 0.2) is 0 Å². The maximum absolute atomic E-state index is 12.3. The van der Waals surface area contributed by atoms with Crippen LogP contribution >= 0.6 is 0 Å². The van der Waals surface area contributed by atoms with E-state index in [1.807, 2.05) is 6.92 Å². The number of piperidine rings is 1. The van der Waals surface area contributed by atoms with E-state index in [-0.39, 0.29) is 5.75 Å². The average Bonchev–Trinajstić information content (AvgIpc) is 2.49. The van der Waals surface area contributed by atoms with Gasteiger partial charge in [0.25, 0.3) is 0 Å². The van der Waals surface area contributed by atoms with E-state index >= 15 is 0 Å². The number of hydrogen-bond donors (Lipinski definition) is 2. The highest BCUT2D eigenvalue weighted by Crippen LogP contribution is 2.28. The van der Waals surface area contributed by atoms with Crippen LogP contribution in [0.3, 0.4) is 0 Å². The molecule has 130 valence electrons. The molecule has 0 unspecified atom stereocenters. The first-order valence-corrected chi connectivity index (χ1v) is 7.91. The molecule has 0 amide bonds. The Morgan fingerprint density at radius 1 is 1.26 bits per heavy atom. The summed E-state index contributed by atoms with van der Waals surface area (Å²) in [6.07, 6.45) is -2.46. The van der Waals surface area contributed by atoms with Crippen molar-refractivity contribution >= 4 is 0 Å². The SMILES string of the molecule is CCOc1ccc(OC(F)(F)F)cc1CNCC1CCNCC1. The number of nitrogens with one attached hydrogen (secondary N) is 2. The zero-order chi connectivity index (χ0) is 16.7. The molecule has 0 radical (unpaired) electrons.